The van der Waals surface area contributed by atoms with Crippen LogP contribution in [-0.4, -0.2) is 48.1 Å². The van der Waals surface area contributed by atoms with Gasteiger partial charge in [0.1, 0.15) is 10.0 Å². The number of carbonyl (C=O) groups excluding carboxylic acids is 1. The number of sulfonamides is 1. The van der Waals surface area contributed by atoms with Gasteiger partial charge in [0.15, 0.2) is 0 Å². The molecular weight excluding hydrogens is 644 g/mol. The van der Waals surface area contributed by atoms with E-state index in [4.69, 9.17) is 4.98 Å². The third kappa shape index (κ3) is 6.72. The van der Waals surface area contributed by atoms with Crippen molar-refractivity contribution in [2.45, 2.75) is 50.1 Å². The number of rotatable bonds is 7. The molecular formula is C34H35ClN4O3S3. The van der Waals surface area contributed by atoms with Gasteiger partial charge in [-0.05, 0) is 66.8 Å². The lowest BCUT2D eigenvalue weighted by molar-refractivity contribution is 0.102. The Balaban J connectivity index is 0.00000357. The zero-order valence-electron chi connectivity index (χ0n) is 24.8. The van der Waals surface area contributed by atoms with Crippen LogP contribution in [0.2, 0.25) is 0 Å². The van der Waals surface area contributed by atoms with Crippen molar-refractivity contribution < 1.29 is 13.2 Å². The second-order valence-corrected chi connectivity index (χ2v) is 15.5. The molecule has 7 rings (SSSR count). The number of amides is 1. The van der Waals surface area contributed by atoms with E-state index in [1.54, 1.807) is 51.2 Å². The van der Waals surface area contributed by atoms with Crippen LogP contribution in [0, 0.1) is 0 Å². The third-order valence-electron chi connectivity index (χ3n) is 8.44. The van der Waals surface area contributed by atoms with E-state index in [-0.39, 0.29) is 23.2 Å². The Morgan fingerprint density at radius 2 is 1.56 bits per heavy atom. The SMILES string of the molecule is Cl.O=C(Nc1sc2c(c1-c1nc3ccccc3s1)CCN(Cc1ccccc1)C2)c1ccc(S(=O)(=O)N2CCCCCC2)cc1. The van der Waals surface area contributed by atoms with Gasteiger partial charge in [0.25, 0.3) is 5.91 Å². The Kier molecular flexibility index (Phi) is 9.70. The molecule has 2 aliphatic heterocycles. The molecule has 2 aliphatic rings. The van der Waals surface area contributed by atoms with Crippen LogP contribution in [0.25, 0.3) is 20.8 Å². The molecule has 0 bridgehead atoms. The normalized spacial score (nSPS) is 16.1. The first kappa shape index (κ1) is 31.8. The Bertz CT molecular complexity index is 1870. The summed E-state index contributed by atoms with van der Waals surface area (Å²) in [5.41, 5.74) is 4.93. The number of nitrogens with zero attached hydrogens (tertiary/aromatic N) is 3. The molecule has 5 aromatic rings. The van der Waals surface area contributed by atoms with Crippen molar-refractivity contribution in [3.05, 3.63) is 100 Å². The maximum Gasteiger partial charge on any atom is 0.256 e. The smallest absolute Gasteiger partial charge is 0.256 e. The van der Waals surface area contributed by atoms with Gasteiger partial charge in [-0.25, -0.2) is 13.4 Å². The van der Waals surface area contributed by atoms with E-state index in [0.717, 1.165) is 77.5 Å². The molecule has 234 valence electrons. The van der Waals surface area contributed by atoms with Crippen molar-refractivity contribution in [1.82, 2.24) is 14.2 Å². The molecule has 1 fully saturated rings. The number of anilines is 1. The van der Waals surface area contributed by atoms with Crippen LogP contribution in [0.1, 0.15) is 52.0 Å². The highest BCUT2D eigenvalue weighted by Gasteiger charge is 2.29. The van der Waals surface area contributed by atoms with Gasteiger partial charge in [-0.3, -0.25) is 9.69 Å². The fraction of sp³-hybridized carbons (Fsp3) is 0.294. The average molecular weight is 679 g/mol. The molecule has 1 N–H and O–H groups in total. The first-order valence-electron chi connectivity index (χ1n) is 15.1. The summed E-state index contributed by atoms with van der Waals surface area (Å²) in [6, 6.07) is 25.0. The molecule has 1 saturated heterocycles. The summed E-state index contributed by atoms with van der Waals surface area (Å²) in [5.74, 6) is -0.258. The maximum absolute atomic E-state index is 13.6. The molecule has 45 heavy (non-hydrogen) atoms. The molecule has 0 unspecified atom stereocenters. The molecule has 0 aliphatic carbocycles. The monoisotopic (exact) mass is 678 g/mol. The number of halogens is 1. The largest absolute Gasteiger partial charge is 0.313 e. The Hall–Kier alpha value is -3.12. The standard InChI is InChI=1S/C34H34N4O3S3.ClH/c39-32(25-14-16-26(17-15-25)44(40,41)38-19-8-1-2-9-20-38)36-34-31(33-35-28-12-6-7-13-29(28)42-33)27-18-21-37(23-30(27)43-34)22-24-10-4-3-5-11-24;/h3-7,10-17H,1-2,8-9,18-23H2,(H,36,39);1H. The number of fused-ring (bicyclic) bond motifs is 2. The molecule has 0 atom stereocenters. The van der Waals surface area contributed by atoms with E-state index >= 15 is 0 Å². The first-order valence-corrected chi connectivity index (χ1v) is 18.2. The lowest BCUT2D eigenvalue weighted by Gasteiger charge is -2.27. The highest BCUT2D eigenvalue weighted by molar-refractivity contribution is 7.89. The van der Waals surface area contributed by atoms with E-state index < -0.39 is 10.0 Å². The summed E-state index contributed by atoms with van der Waals surface area (Å²) >= 11 is 3.27. The predicted octanol–water partition coefficient (Wildman–Crippen LogP) is 7.82. The van der Waals surface area contributed by atoms with Crippen LogP contribution in [0.15, 0.2) is 83.8 Å². The third-order valence-corrected chi connectivity index (χ3v) is 12.5. The van der Waals surface area contributed by atoms with E-state index in [1.807, 2.05) is 24.3 Å². The minimum Gasteiger partial charge on any atom is -0.313 e. The van der Waals surface area contributed by atoms with Crippen molar-refractivity contribution in [2.75, 3.05) is 25.0 Å². The number of aromatic nitrogens is 1. The number of hydrogen-bond acceptors (Lipinski definition) is 7. The van der Waals surface area contributed by atoms with Gasteiger partial charge in [-0.2, -0.15) is 4.31 Å². The van der Waals surface area contributed by atoms with Crippen molar-refractivity contribution in [3.8, 4) is 10.6 Å². The number of thiophene rings is 1. The molecule has 7 nitrogen and oxygen atoms in total. The minimum atomic E-state index is -3.58. The topological polar surface area (TPSA) is 82.6 Å². The number of nitrogens with one attached hydrogen (secondary N) is 1. The van der Waals surface area contributed by atoms with Crippen LogP contribution in [-0.2, 0) is 29.5 Å². The van der Waals surface area contributed by atoms with Gasteiger partial charge in [0.2, 0.25) is 10.0 Å². The Morgan fingerprint density at radius 3 is 2.29 bits per heavy atom. The van der Waals surface area contributed by atoms with Crippen molar-refractivity contribution in [2.24, 2.45) is 0 Å². The predicted molar refractivity (Wildman–Crippen MR) is 186 cm³/mol. The molecule has 1 amide bonds. The van der Waals surface area contributed by atoms with E-state index in [2.05, 4.69) is 40.5 Å². The zero-order chi connectivity index (χ0) is 30.1. The van der Waals surface area contributed by atoms with Crippen molar-refractivity contribution in [3.63, 3.8) is 0 Å². The Labute approximate surface area is 278 Å². The van der Waals surface area contributed by atoms with Crippen LogP contribution < -0.4 is 5.32 Å². The van der Waals surface area contributed by atoms with Crippen LogP contribution in [0.4, 0.5) is 5.00 Å². The molecule has 3 aromatic carbocycles. The lowest BCUT2D eigenvalue weighted by Crippen LogP contribution is -2.31. The number of carbonyl (C=O) groups is 1. The van der Waals surface area contributed by atoms with Gasteiger partial charge in [0.05, 0.1) is 15.1 Å². The molecule has 11 heteroatoms. The van der Waals surface area contributed by atoms with Gasteiger partial charge < -0.3 is 5.32 Å². The van der Waals surface area contributed by atoms with Crippen molar-refractivity contribution in [1.29, 1.82) is 0 Å². The zero-order valence-corrected chi connectivity index (χ0v) is 28.0. The summed E-state index contributed by atoms with van der Waals surface area (Å²) in [5, 5.41) is 4.89. The fourth-order valence-electron chi connectivity index (χ4n) is 6.11. The van der Waals surface area contributed by atoms with Gasteiger partial charge in [-0.15, -0.1) is 35.1 Å². The summed E-state index contributed by atoms with van der Waals surface area (Å²) in [4.78, 5) is 22.5. The number of hydrogen-bond donors (Lipinski definition) is 1. The molecule has 0 spiro atoms. The summed E-state index contributed by atoms with van der Waals surface area (Å²) in [6.07, 6.45) is 4.75. The van der Waals surface area contributed by atoms with E-state index in [9.17, 15) is 13.2 Å². The van der Waals surface area contributed by atoms with Gasteiger partial charge in [0, 0.05) is 48.7 Å². The first-order chi connectivity index (χ1) is 21.5. The second-order valence-electron chi connectivity index (χ2n) is 11.4. The summed E-state index contributed by atoms with van der Waals surface area (Å²) < 4.78 is 29.2. The fourth-order valence-corrected chi connectivity index (χ4v) is 10.0. The Morgan fingerprint density at radius 1 is 0.844 bits per heavy atom. The molecule has 0 radical (unpaired) electrons. The molecule has 2 aromatic heterocycles. The number of thiazole rings is 1. The van der Waals surface area contributed by atoms with Gasteiger partial charge >= 0.3 is 0 Å². The van der Waals surface area contributed by atoms with Crippen LogP contribution >= 0.6 is 35.1 Å². The van der Waals surface area contributed by atoms with Crippen LogP contribution in [0.5, 0.6) is 0 Å². The highest BCUT2D eigenvalue weighted by atomic mass is 35.5. The van der Waals surface area contributed by atoms with E-state index in [0.29, 0.717) is 18.7 Å². The second kappa shape index (κ2) is 13.7. The van der Waals surface area contributed by atoms with Crippen molar-refractivity contribution >= 4 is 66.2 Å². The maximum atomic E-state index is 13.6. The lowest BCUT2D eigenvalue weighted by atomic mass is 10.0. The molecule has 0 saturated carbocycles. The van der Waals surface area contributed by atoms with Crippen LogP contribution in [0.3, 0.4) is 0 Å². The van der Waals surface area contributed by atoms with Gasteiger partial charge in [-0.1, -0.05) is 55.3 Å². The molecule has 4 heterocycles. The highest BCUT2D eigenvalue weighted by Crippen LogP contribution is 2.46. The quantitative estimate of drug-likeness (QED) is 0.190. The number of benzene rings is 3. The average Bonchev–Trinajstić information content (AvgIpc) is 3.49. The minimum absolute atomic E-state index is 0. The van der Waals surface area contributed by atoms with E-state index in [1.165, 1.54) is 16.0 Å². The summed E-state index contributed by atoms with van der Waals surface area (Å²) in [7, 11) is -3.58. The summed E-state index contributed by atoms with van der Waals surface area (Å²) in [6.45, 7) is 3.71. The number of para-hydroxylation sites is 1.